The largest absolute Gasteiger partial charge is 0.478 e. The van der Waals surface area contributed by atoms with E-state index in [1.54, 1.807) is 0 Å². The van der Waals surface area contributed by atoms with Crippen molar-refractivity contribution in [2.24, 2.45) is 11.8 Å². The Morgan fingerprint density at radius 1 is 1.53 bits per heavy atom. The van der Waals surface area contributed by atoms with Crippen molar-refractivity contribution in [3.8, 4) is 0 Å². The van der Waals surface area contributed by atoms with Crippen LogP contribution in [0.3, 0.4) is 0 Å². The molecule has 0 radical (unpaired) electrons. The molecule has 19 heavy (non-hydrogen) atoms. The lowest BCUT2D eigenvalue weighted by Gasteiger charge is -2.17. The third-order valence-electron chi connectivity index (χ3n) is 3.35. The van der Waals surface area contributed by atoms with Crippen molar-refractivity contribution in [1.82, 2.24) is 4.98 Å². The van der Waals surface area contributed by atoms with Crippen LogP contribution in [-0.4, -0.2) is 33.5 Å². The molecule has 1 saturated heterocycles. The van der Waals surface area contributed by atoms with Crippen LogP contribution in [0.2, 0.25) is 0 Å². The summed E-state index contributed by atoms with van der Waals surface area (Å²) in [7, 11) is 0. The first kappa shape index (κ1) is 13.9. The number of hydrogen-bond acceptors (Lipinski definition) is 4. The van der Waals surface area contributed by atoms with Gasteiger partial charge in [0.2, 0.25) is 5.91 Å². The summed E-state index contributed by atoms with van der Waals surface area (Å²) < 4.78 is 0. The number of pyridine rings is 1. The van der Waals surface area contributed by atoms with Crippen LogP contribution >= 0.6 is 11.8 Å². The molecule has 2 atom stereocenters. The van der Waals surface area contributed by atoms with E-state index in [0.29, 0.717) is 11.7 Å². The second kappa shape index (κ2) is 6.06. The summed E-state index contributed by atoms with van der Waals surface area (Å²) in [5, 5.41) is 11.5. The minimum absolute atomic E-state index is 0.0454. The SMILES string of the molecule is CC(C(=O)Nc1ccc(C(=O)O)cn1)C1CCSC1. The fourth-order valence-electron chi connectivity index (χ4n) is 2.00. The van der Waals surface area contributed by atoms with Gasteiger partial charge < -0.3 is 10.4 Å². The van der Waals surface area contributed by atoms with Gasteiger partial charge >= 0.3 is 5.97 Å². The summed E-state index contributed by atoms with van der Waals surface area (Å²) in [4.78, 5) is 26.7. The Morgan fingerprint density at radius 3 is 2.84 bits per heavy atom. The number of hydrogen-bond donors (Lipinski definition) is 2. The number of anilines is 1. The van der Waals surface area contributed by atoms with Crippen LogP contribution in [-0.2, 0) is 4.79 Å². The van der Waals surface area contributed by atoms with Gasteiger partial charge in [-0.3, -0.25) is 4.79 Å². The van der Waals surface area contributed by atoms with Crippen molar-refractivity contribution in [1.29, 1.82) is 0 Å². The number of carboxylic acid groups (broad SMARTS) is 1. The molecule has 1 aromatic heterocycles. The summed E-state index contributed by atoms with van der Waals surface area (Å²) >= 11 is 1.88. The highest BCUT2D eigenvalue weighted by Crippen LogP contribution is 2.30. The van der Waals surface area contributed by atoms with Gasteiger partial charge in [0.15, 0.2) is 0 Å². The Balaban J connectivity index is 1.96. The van der Waals surface area contributed by atoms with Crippen molar-refractivity contribution in [2.45, 2.75) is 13.3 Å². The van der Waals surface area contributed by atoms with Crippen LogP contribution in [0.25, 0.3) is 0 Å². The average Bonchev–Trinajstić information content (AvgIpc) is 2.92. The molecule has 1 aliphatic rings. The maximum Gasteiger partial charge on any atom is 0.337 e. The first-order valence-electron chi connectivity index (χ1n) is 6.16. The summed E-state index contributed by atoms with van der Waals surface area (Å²) in [6.45, 7) is 1.93. The number of carbonyl (C=O) groups is 2. The van der Waals surface area contributed by atoms with Crippen LogP contribution in [0.15, 0.2) is 18.3 Å². The van der Waals surface area contributed by atoms with Gasteiger partial charge in [0, 0.05) is 12.1 Å². The molecule has 0 aliphatic carbocycles. The number of amides is 1. The molecule has 1 fully saturated rings. The van der Waals surface area contributed by atoms with E-state index in [9.17, 15) is 9.59 Å². The lowest BCUT2D eigenvalue weighted by molar-refractivity contribution is -0.120. The van der Waals surface area contributed by atoms with E-state index in [0.717, 1.165) is 17.9 Å². The van der Waals surface area contributed by atoms with E-state index in [-0.39, 0.29) is 17.4 Å². The zero-order chi connectivity index (χ0) is 13.8. The van der Waals surface area contributed by atoms with Crippen LogP contribution in [0.4, 0.5) is 5.82 Å². The van der Waals surface area contributed by atoms with Gasteiger partial charge in [-0.1, -0.05) is 6.92 Å². The van der Waals surface area contributed by atoms with Crippen LogP contribution in [0, 0.1) is 11.8 Å². The van der Waals surface area contributed by atoms with Crippen LogP contribution < -0.4 is 5.32 Å². The molecular weight excluding hydrogens is 264 g/mol. The molecule has 1 aliphatic heterocycles. The molecule has 1 amide bonds. The topological polar surface area (TPSA) is 79.3 Å². The molecule has 2 heterocycles. The summed E-state index contributed by atoms with van der Waals surface area (Å²) in [5.74, 6) is 1.84. The number of nitrogens with zero attached hydrogens (tertiary/aromatic N) is 1. The first-order chi connectivity index (χ1) is 9.08. The van der Waals surface area contributed by atoms with Crippen molar-refractivity contribution in [3.63, 3.8) is 0 Å². The number of aromatic carboxylic acids is 1. The normalized spacial score (nSPS) is 19.9. The monoisotopic (exact) mass is 280 g/mol. The Bertz CT molecular complexity index is 469. The molecule has 2 unspecified atom stereocenters. The molecule has 2 rings (SSSR count). The Morgan fingerprint density at radius 2 is 2.32 bits per heavy atom. The van der Waals surface area contributed by atoms with Crippen LogP contribution in [0.1, 0.15) is 23.7 Å². The fraction of sp³-hybridized carbons (Fsp3) is 0.462. The molecule has 102 valence electrons. The maximum atomic E-state index is 12.0. The number of carbonyl (C=O) groups excluding carboxylic acids is 1. The fourth-order valence-corrected chi connectivity index (χ4v) is 3.39. The van der Waals surface area contributed by atoms with Gasteiger partial charge in [-0.15, -0.1) is 0 Å². The molecule has 0 aromatic carbocycles. The second-order valence-corrected chi connectivity index (χ2v) is 5.79. The van der Waals surface area contributed by atoms with Crippen molar-refractivity contribution < 1.29 is 14.7 Å². The van der Waals surface area contributed by atoms with Crippen molar-refractivity contribution in [3.05, 3.63) is 23.9 Å². The standard InChI is InChI=1S/C13H16N2O3S/c1-8(10-4-5-19-7-10)12(16)15-11-3-2-9(6-14-11)13(17)18/h2-3,6,8,10H,4-5,7H2,1H3,(H,17,18)(H,14,15,16). The van der Waals surface area contributed by atoms with E-state index < -0.39 is 5.97 Å². The molecular formula is C13H16N2O3S. The highest BCUT2D eigenvalue weighted by Gasteiger charge is 2.27. The number of nitrogens with one attached hydrogen (secondary N) is 1. The molecule has 0 bridgehead atoms. The number of aromatic nitrogens is 1. The summed E-state index contributed by atoms with van der Waals surface area (Å²) in [5.41, 5.74) is 0.109. The molecule has 0 saturated carbocycles. The van der Waals surface area contributed by atoms with Gasteiger partial charge in [-0.25, -0.2) is 9.78 Å². The van der Waals surface area contributed by atoms with E-state index in [2.05, 4.69) is 10.3 Å². The minimum Gasteiger partial charge on any atom is -0.478 e. The van der Waals surface area contributed by atoms with Crippen molar-refractivity contribution in [2.75, 3.05) is 16.8 Å². The smallest absolute Gasteiger partial charge is 0.337 e. The summed E-state index contributed by atoms with van der Waals surface area (Å²) in [6.07, 6.45) is 2.32. The zero-order valence-electron chi connectivity index (χ0n) is 10.6. The van der Waals surface area contributed by atoms with E-state index in [1.165, 1.54) is 18.3 Å². The predicted octanol–water partition coefficient (Wildman–Crippen LogP) is 2.11. The predicted molar refractivity (Wildman–Crippen MR) is 74.4 cm³/mol. The van der Waals surface area contributed by atoms with Crippen molar-refractivity contribution >= 4 is 29.5 Å². The highest BCUT2D eigenvalue weighted by molar-refractivity contribution is 7.99. The molecule has 6 heteroatoms. The molecule has 0 spiro atoms. The van der Waals surface area contributed by atoms with Gasteiger partial charge in [0.05, 0.1) is 5.56 Å². The van der Waals surface area contributed by atoms with Gasteiger partial charge in [-0.2, -0.15) is 11.8 Å². The Hall–Kier alpha value is -1.56. The molecule has 1 aromatic rings. The highest BCUT2D eigenvalue weighted by atomic mass is 32.2. The van der Waals surface area contributed by atoms with Crippen LogP contribution in [0.5, 0.6) is 0 Å². The number of thioether (sulfide) groups is 1. The summed E-state index contributed by atoms with van der Waals surface area (Å²) in [6, 6.07) is 2.94. The van der Waals surface area contributed by atoms with E-state index in [1.807, 2.05) is 18.7 Å². The quantitative estimate of drug-likeness (QED) is 0.883. The Labute approximate surface area is 115 Å². The van der Waals surface area contributed by atoms with Gasteiger partial charge in [0.1, 0.15) is 5.82 Å². The minimum atomic E-state index is -1.03. The average molecular weight is 280 g/mol. The number of carboxylic acids is 1. The lowest BCUT2D eigenvalue weighted by atomic mass is 9.93. The third kappa shape index (κ3) is 3.47. The second-order valence-electron chi connectivity index (χ2n) is 4.64. The first-order valence-corrected chi connectivity index (χ1v) is 7.31. The Kier molecular flexibility index (Phi) is 4.42. The zero-order valence-corrected chi connectivity index (χ0v) is 11.4. The van der Waals surface area contributed by atoms with Gasteiger partial charge in [-0.05, 0) is 36.0 Å². The molecule has 5 nitrogen and oxygen atoms in total. The number of rotatable bonds is 4. The maximum absolute atomic E-state index is 12.0. The molecule has 2 N–H and O–H groups in total. The lowest BCUT2D eigenvalue weighted by Crippen LogP contribution is -2.27. The van der Waals surface area contributed by atoms with E-state index >= 15 is 0 Å². The third-order valence-corrected chi connectivity index (χ3v) is 4.54. The van der Waals surface area contributed by atoms with Gasteiger partial charge in [0.25, 0.3) is 0 Å². The van der Waals surface area contributed by atoms with E-state index in [4.69, 9.17) is 5.11 Å².